The van der Waals surface area contributed by atoms with Gasteiger partial charge in [-0.3, -0.25) is 4.68 Å². The highest BCUT2D eigenvalue weighted by atomic mass is 79.9. The lowest BCUT2D eigenvalue weighted by atomic mass is 9.92. The lowest BCUT2D eigenvalue weighted by Gasteiger charge is -2.17. The highest BCUT2D eigenvalue weighted by Gasteiger charge is 2.32. The summed E-state index contributed by atoms with van der Waals surface area (Å²) in [4.78, 5) is 0. The molecule has 3 unspecified atom stereocenters. The normalized spacial score (nSPS) is 29.9. The topological polar surface area (TPSA) is 38.0 Å². The molecule has 90 valence electrons. The second-order valence-electron chi connectivity index (χ2n) is 4.94. The van der Waals surface area contributed by atoms with Crippen LogP contribution >= 0.6 is 15.9 Å². The van der Waals surface area contributed by atoms with Crippen molar-refractivity contribution in [2.45, 2.75) is 39.2 Å². The van der Waals surface area contributed by atoms with E-state index in [1.807, 2.05) is 18.7 Å². The monoisotopic (exact) mass is 286 g/mol. The molecule has 2 rings (SSSR count). The molecule has 1 saturated carbocycles. The first-order chi connectivity index (χ1) is 7.50. The van der Waals surface area contributed by atoms with Gasteiger partial charge in [0.05, 0.1) is 22.0 Å². The molecule has 1 heterocycles. The van der Waals surface area contributed by atoms with Crippen molar-refractivity contribution in [3.8, 4) is 0 Å². The van der Waals surface area contributed by atoms with Crippen LogP contribution in [0.4, 0.5) is 0 Å². The van der Waals surface area contributed by atoms with Crippen LogP contribution in [0.2, 0.25) is 0 Å². The number of aliphatic hydroxyl groups is 1. The zero-order valence-electron chi connectivity index (χ0n) is 10.1. The van der Waals surface area contributed by atoms with Crippen LogP contribution in [0.5, 0.6) is 0 Å². The standard InChI is InChI=1S/C12H19BrN2O/c1-7-9(4-5-11(7)16)6-10-12(13)8(2)14-15(10)3/h7,9,11,16H,4-6H2,1-3H3. The molecule has 0 radical (unpaired) electrons. The smallest absolute Gasteiger partial charge is 0.0738 e. The summed E-state index contributed by atoms with van der Waals surface area (Å²) in [5, 5.41) is 14.2. The number of aryl methyl sites for hydroxylation is 2. The zero-order valence-corrected chi connectivity index (χ0v) is 11.7. The van der Waals surface area contributed by atoms with Crippen LogP contribution in [-0.2, 0) is 13.5 Å². The molecule has 4 heteroatoms. The van der Waals surface area contributed by atoms with Gasteiger partial charge in [-0.05, 0) is 54.0 Å². The maximum atomic E-state index is 9.76. The second kappa shape index (κ2) is 4.49. The number of halogens is 1. The SMILES string of the molecule is Cc1nn(C)c(CC2CCC(O)C2C)c1Br. The maximum Gasteiger partial charge on any atom is 0.0738 e. The lowest BCUT2D eigenvalue weighted by Crippen LogP contribution is -2.18. The minimum atomic E-state index is -0.113. The van der Waals surface area contributed by atoms with Gasteiger partial charge < -0.3 is 5.11 Å². The van der Waals surface area contributed by atoms with Crippen molar-refractivity contribution in [2.24, 2.45) is 18.9 Å². The molecule has 1 aromatic rings. The van der Waals surface area contributed by atoms with Crippen molar-refractivity contribution in [3.05, 3.63) is 15.9 Å². The average molecular weight is 287 g/mol. The molecule has 0 aliphatic heterocycles. The molecular formula is C12H19BrN2O. The van der Waals surface area contributed by atoms with Gasteiger partial charge in [0.25, 0.3) is 0 Å². The number of aliphatic hydroxyl groups excluding tert-OH is 1. The first-order valence-electron chi connectivity index (χ1n) is 5.86. The predicted octanol–water partition coefficient (Wildman–Crippen LogP) is 2.44. The van der Waals surface area contributed by atoms with Gasteiger partial charge in [-0.15, -0.1) is 0 Å². The summed E-state index contributed by atoms with van der Waals surface area (Å²) in [5.41, 5.74) is 2.30. The Kier molecular flexibility index (Phi) is 3.40. The summed E-state index contributed by atoms with van der Waals surface area (Å²) >= 11 is 3.60. The summed E-state index contributed by atoms with van der Waals surface area (Å²) in [6, 6.07) is 0. The first kappa shape index (κ1) is 12.1. The quantitative estimate of drug-likeness (QED) is 0.907. The van der Waals surface area contributed by atoms with Crippen LogP contribution in [-0.4, -0.2) is 21.0 Å². The van der Waals surface area contributed by atoms with Crippen molar-refractivity contribution in [2.75, 3.05) is 0 Å². The van der Waals surface area contributed by atoms with E-state index in [1.54, 1.807) is 0 Å². The van der Waals surface area contributed by atoms with Gasteiger partial charge in [0.15, 0.2) is 0 Å². The summed E-state index contributed by atoms with van der Waals surface area (Å²) in [7, 11) is 1.99. The molecule has 1 aliphatic carbocycles. The Morgan fingerprint density at radius 2 is 2.19 bits per heavy atom. The van der Waals surface area contributed by atoms with Crippen molar-refractivity contribution in [1.82, 2.24) is 9.78 Å². The van der Waals surface area contributed by atoms with E-state index in [9.17, 15) is 5.11 Å². The van der Waals surface area contributed by atoms with Crippen LogP contribution in [0.1, 0.15) is 31.2 Å². The van der Waals surface area contributed by atoms with E-state index in [1.165, 1.54) is 5.69 Å². The van der Waals surface area contributed by atoms with Gasteiger partial charge in [0.2, 0.25) is 0 Å². The Morgan fingerprint density at radius 1 is 1.50 bits per heavy atom. The highest BCUT2D eigenvalue weighted by molar-refractivity contribution is 9.10. The van der Waals surface area contributed by atoms with E-state index in [2.05, 4.69) is 28.0 Å². The minimum Gasteiger partial charge on any atom is -0.393 e. The highest BCUT2D eigenvalue weighted by Crippen LogP contribution is 2.35. The Labute approximate surface area is 105 Å². The fourth-order valence-corrected chi connectivity index (χ4v) is 3.16. The van der Waals surface area contributed by atoms with E-state index < -0.39 is 0 Å². The van der Waals surface area contributed by atoms with E-state index in [0.29, 0.717) is 11.8 Å². The average Bonchev–Trinajstić information content (AvgIpc) is 2.66. The fourth-order valence-electron chi connectivity index (χ4n) is 2.66. The largest absolute Gasteiger partial charge is 0.393 e. The molecule has 1 N–H and O–H groups in total. The fraction of sp³-hybridized carbons (Fsp3) is 0.750. The third kappa shape index (κ3) is 2.05. The van der Waals surface area contributed by atoms with Crippen LogP contribution in [0.3, 0.4) is 0 Å². The maximum absolute atomic E-state index is 9.76. The number of nitrogens with zero attached hydrogens (tertiary/aromatic N) is 2. The molecule has 0 amide bonds. The van der Waals surface area contributed by atoms with Crippen molar-refractivity contribution >= 4 is 15.9 Å². The third-order valence-corrected chi connectivity index (χ3v) is 4.93. The van der Waals surface area contributed by atoms with Gasteiger partial charge in [-0.1, -0.05) is 6.92 Å². The summed E-state index contributed by atoms with van der Waals surface area (Å²) in [5.74, 6) is 0.989. The summed E-state index contributed by atoms with van der Waals surface area (Å²) < 4.78 is 3.08. The molecule has 1 aliphatic rings. The van der Waals surface area contributed by atoms with Gasteiger partial charge in [0, 0.05) is 7.05 Å². The van der Waals surface area contributed by atoms with Gasteiger partial charge in [-0.2, -0.15) is 5.10 Å². The number of rotatable bonds is 2. The van der Waals surface area contributed by atoms with Crippen LogP contribution in [0.25, 0.3) is 0 Å². The van der Waals surface area contributed by atoms with Crippen molar-refractivity contribution < 1.29 is 5.11 Å². The van der Waals surface area contributed by atoms with Crippen LogP contribution in [0, 0.1) is 18.8 Å². The molecule has 3 nitrogen and oxygen atoms in total. The predicted molar refractivity (Wildman–Crippen MR) is 67.2 cm³/mol. The van der Waals surface area contributed by atoms with Gasteiger partial charge in [-0.25, -0.2) is 0 Å². The molecule has 0 saturated heterocycles. The summed E-state index contributed by atoms with van der Waals surface area (Å²) in [6.45, 7) is 4.17. The first-order valence-corrected chi connectivity index (χ1v) is 6.66. The van der Waals surface area contributed by atoms with Gasteiger partial charge >= 0.3 is 0 Å². The second-order valence-corrected chi connectivity index (χ2v) is 5.73. The molecule has 1 aromatic heterocycles. The van der Waals surface area contributed by atoms with E-state index in [4.69, 9.17) is 0 Å². The van der Waals surface area contributed by atoms with Gasteiger partial charge in [0.1, 0.15) is 0 Å². The number of hydrogen-bond donors (Lipinski definition) is 1. The van der Waals surface area contributed by atoms with Crippen molar-refractivity contribution in [1.29, 1.82) is 0 Å². The molecule has 3 atom stereocenters. The number of hydrogen-bond acceptors (Lipinski definition) is 2. The Morgan fingerprint density at radius 3 is 2.62 bits per heavy atom. The van der Waals surface area contributed by atoms with Crippen molar-refractivity contribution in [3.63, 3.8) is 0 Å². The Bertz CT molecular complexity index is 389. The molecule has 1 fully saturated rings. The molecule has 0 spiro atoms. The minimum absolute atomic E-state index is 0.113. The lowest BCUT2D eigenvalue weighted by molar-refractivity contribution is 0.127. The third-order valence-electron chi connectivity index (χ3n) is 3.90. The summed E-state index contributed by atoms with van der Waals surface area (Å²) in [6.07, 6.45) is 2.97. The van der Waals surface area contributed by atoms with E-state index in [0.717, 1.165) is 29.4 Å². The molecule has 16 heavy (non-hydrogen) atoms. The zero-order chi connectivity index (χ0) is 11.9. The van der Waals surface area contributed by atoms with Crippen LogP contribution in [0.15, 0.2) is 4.47 Å². The number of aromatic nitrogens is 2. The molecule has 0 aromatic carbocycles. The van der Waals surface area contributed by atoms with E-state index >= 15 is 0 Å². The van der Waals surface area contributed by atoms with E-state index in [-0.39, 0.29) is 6.10 Å². The van der Waals surface area contributed by atoms with Crippen LogP contribution < -0.4 is 0 Å². The molecule has 0 bridgehead atoms. The molecular weight excluding hydrogens is 268 g/mol. The Balaban J connectivity index is 2.15. The Hall–Kier alpha value is -0.350.